The summed E-state index contributed by atoms with van der Waals surface area (Å²) in [5.74, 6) is 1.76. The second-order valence-corrected chi connectivity index (χ2v) is 5.22. The first kappa shape index (κ1) is 17.0. The number of benzene rings is 2. The minimum atomic E-state index is -0.0491. The largest absolute Gasteiger partial charge is 0.508 e. The maximum absolute atomic E-state index is 9.45. The minimum absolute atomic E-state index is 0.0491. The highest BCUT2D eigenvalue weighted by molar-refractivity contribution is 5.53. The minimum Gasteiger partial charge on any atom is -0.508 e. The molecule has 0 spiro atoms. The normalized spacial score (nSPS) is 11.8. The van der Waals surface area contributed by atoms with Crippen LogP contribution in [0.15, 0.2) is 42.5 Å². The van der Waals surface area contributed by atoms with Gasteiger partial charge in [0.2, 0.25) is 0 Å². The summed E-state index contributed by atoms with van der Waals surface area (Å²) >= 11 is 0. The third-order valence-electron chi connectivity index (χ3n) is 3.83. The van der Waals surface area contributed by atoms with Crippen LogP contribution >= 0.6 is 0 Å². The molecule has 5 nitrogen and oxygen atoms in total. The first-order valence-electron chi connectivity index (χ1n) is 7.63. The number of phenols is 1. The Bertz CT molecular complexity index is 629. The lowest BCUT2D eigenvalue weighted by Gasteiger charge is -2.31. The Morgan fingerprint density at radius 3 is 2.43 bits per heavy atom. The van der Waals surface area contributed by atoms with Gasteiger partial charge in [-0.25, -0.2) is 0 Å². The molecule has 124 valence electrons. The van der Waals surface area contributed by atoms with Crippen LogP contribution in [0.25, 0.3) is 0 Å². The van der Waals surface area contributed by atoms with Crippen molar-refractivity contribution in [2.45, 2.75) is 13.0 Å². The molecule has 2 aromatic carbocycles. The second-order valence-electron chi connectivity index (χ2n) is 5.22. The van der Waals surface area contributed by atoms with Crippen molar-refractivity contribution in [2.75, 3.05) is 32.2 Å². The molecule has 0 aromatic heterocycles. The van der Waals surface area contributed by atoms with Gasteiger partial charge >= 0.3 is 0 Å². The third kappa shape index (κ3) is 3.87. The Labute approximate surface area is 137 Å². The first-order valence-corrected chi connectivity index (χ1v) is 7.63. The highest BCUT2D eigenvalue weighted by Crippen LogP contribution is 2.34. The van der Waals surface area contributed by atoms with Crippen molar-refractivity contribution >= 4 is 5.69 Å². The van der Waals surface area contributed by atoms with Crippen LogP contribution < -0.4 is 20.1 Å². The van der Waals surface area contributed by atoms with Gasteiger partial charge in [-0.1, -0.05) is 0 Å². The molecule has 0 aliphatic heterocycles. The van der Waals surface area contributed by atoms with E-state index >= 15 is 0 Å². The molecule has 0 fully saturated rings. The maximum Gasteiger partial charge on any atom is 0.128 e. The number of hydrogen-bond donors (Lipinski definition) is 2. The van der Waals surface area contributed by atoms with E-state index in [4.69, 9.17) is 15.2 Å². The number of nitrogens with two attached hydrogens (primary N) is 1. The van der Waals surface area contributed by atoms with Gasteiger partial charge in [-0.05, 0) is 43.3 Å². The summed E-state index contributed by atoms with van der Waals surface area (Å²) in [6.07, 6.45) is 0. The van der Waals surface area contributed by atoms with Crippen LogP contribution in [0.3, 0.4) is 0 Å². The van der Waals surface area contributed by atoms with Crippen LogP contribution in [-0.2, 0) is 0 Å². The number of rotatable bonds is 7. The van der Waals surface area contributed by atoms with Crippen LogP contribution in [-0.4, -0.2) is 32.4 Å². The van der Waals surface area contributed by atoms with Gasteiger partial charge in [-0.3, -0.25) is 0 Å². The van der Waals surface area contributed by atoms with Crippen LogP contribution in [0.2, 0.25) is 0 Å². The summed E-state index contributed by atoms with van der Waals surface area (Å²) in [6, 6.07) is 12.8. The Morgan fingerprint density at radius 1 is 1.17 bits per heavy atom. The molecular weight excluding hydrogens is 292 g/mol. The highest BCUT2D eigenvalue weighted by atomic mass is 16.5. The standard InChI is InChI=1S/C18H24N2O3/c1-4-23-18-11-15(22-3)9-10-16(18)17(12-19)20(2)13-5-7-14(21)8-6-13/h5-11,17,21H,4,12,19H2,1-3H3. The van der Waals surface area contributed by atoms with Crippen molar-refractivity contribution in [1.82, 2.24) is 0 Å². The van der Waals surface area contributed by atoms with E-state index in [1.165, 1.54) is 0 Å². The molecule has 0 saturated carbocycles. The Hall–Kier alpha value is -2.40. The van der Waals surface area contributed by atoms with E-state index in [2.05, 4.69) is 4.90 Å². The zero-order chi connectivity index (χ0) is 16.8. The van der Waals surface area contributed by atoms with Gasteiger partial charge in [-0.2, -0.15) is 0 Å². The number of ether oxygens (including phenoxy) is 2. The van der Waals surface area contributed by atoms with E-state index < -0.39 is 0 Å². The lowest BCUT2D eigenvalue weighted by Crippen LogP contribution is -2.30. The number of aromatic hydroxyl groups is 1. The summed E-state index contributed by atoms with van der Waals surface area (Å²) in [6.45, 7) is 2.95. The van der Waals surface area contributed by atoms with E-state index in [0.717, 1.165) is 22.7 Å². The Morgan fingerprint density at radius 2 is 1.87 bits per heavy atom. The molecule has 0 heterocycles. The highest BCUT2D eigenvalue weighted by Gasteiger charge is 2.20. The van der Waals surface area contributed by atoms with Crippen molar-refractivity contribution in [3.8, 4) is 17.2 Å². The topological polar surface area (TPSA) is 68.0 Å². The van der Waals surface area contributed by atoms with Gasteiger partial charge in [0.05, 0.1) is 19.8 Å². The summed E-state index contributed by atoms with van der Waals surface area (Å²) in [5, 5.41) is 9.45. The molecule has 0 aliphatic carbocycles. The lowest BCUT2D eigenvalue weighted by molar-refractivity contribution is 0.330. The maximum atomic E-state index is 9.45. The van der Waals surface area contributed by atoms with Crippen LogP contribution in [0, 0.1) is 0 Å². The molecule has 2 rings (SSSR count). The van der Waals surface area contributed by atoms with E-state index in [1.807, 2.05) is 44.3 Å². The molecule has 0 radical (unpaired) electrons. The quantitative estimate of drug-likeness (QED) is 0.822. The van der Waals surface area contributed by atoms with Gasteiger partial charge in [0, 0.05) is 30.9 Å². The van der Waals surface area contributed by atoms with Crippen molar-refractivity contribution < 1.29 is 14.6 Å². The number of anilines is 1. The fourth-order valence-corrected chi connectivity index (χ4v) is 2.56. The van der Waals surface area contributed by atoms with Crippen molar-refractivity contribution in [3.63, 3.8) is 0 Å². The SMILES string of the molecule is CCOc1cc(OC)ccc1C(CN)N(C)c1ccc(O)cc1. The predicted molar refractivity (Wildman–Crippen MR) is 92.5 cm³/mol. The zero-order valence-corrected chi connectivity index (χ0v) is 13.8. The smallest absolute Gasteiger partial charge is 0.128 e. The summed E-state index contributed by atoms with van der Waals surface area (Å²) in [5.41, 5.74) is 8.00. The molecule has 0 saturated heterocycles. The fraction of sp³-hybridized carbons (Fsp3) is 0.333. The number of phenolic OH excluding ortho intramolecular Hbond substituents is 1. The average molecular weight is 316 g/mol. The van der Waals surface area contributed by atoms with E-state index in [-0.39, 0.29) is 11.8 Å². The Balaban J connectivity index is 2.37. The lowest BCUT2D eigenvalue weighted by atomic mass is 10.0. The second kappa shape index (κ2) is 7.74. The number of hydrogen-bond acceptors (Lipinski definition) is 5. The van der Waals surface area contributed by atoms with Crippen LogP contribution in [0.4, 0.5) is 5.69 Å². The van der Waals surface area contributed by atoms with Crippen molar-refractivity contribution in [1.29, 1.82) is 0 Å². The summed E-state index contributed by atoms with van der Waals surface area (Å²) in [7, 11) is 3.61. The van der Waals surface area contributed by atoms with Crippen LogP contribution in [0.5, 0.6) is 17.2 Å². The van der Waals surface area contributed by atoms with E-state index in [0.29, 0.717) is 13.2 Å². The number of likely N-dealkylation sites (N-methyl/N-ethyl adjacent to an activating group) is 1. The van der Waals surface area contributed by atoms with E-state index in [9.17, 15) is 5.11 Å². The number of nitrogens with zero attached hydrogens (tertiary/aromatic N) is 1. The van der Waals surface area contributed by atoms with Gasteiger partial charge in [-0.15, -0.1) is 0 Å². The predicted octanol–water partition coefficient (Wildman–Crippen LogP) is 2.94. The molecule has 1 unspecified atom stereocenters. The van der Waals surface area contributed by atoms with Crippen molar-refractivity contribution in [3.05, 3.63) is 48.0 Å². The average Bonchev–Trinajstić information content (AvgIpc) is 2.57. The van der Waals surface area contributed by atoms with Gasteiger partial charge < -0.3 is 25.2 Å². The zero-order valence-electron chi connectivity index (χ0n) is 13.8. The van der Waals surface area contributed by atoms with Gasteiger partial charge in [0.15, 0.2) is 0 Å². The third-order valence-corrected chi connectivity index (χ3v) is 3.83. The van der Waals surface area contributed by atoms with Gasteiger partial charge in [0.25, 0.3) is 0 Å². The van der Waals surface area contributed by atoms with E-state index in [1.54, 1.807) is 19.2 Å². The monoisotopic (exact) mass is 316 g/mol. The van der Waals surface area contributed by atoms with Crippen molar-refractivity contribution in [2.24, 2.45) is 5.73 Å². The molecule has 2 aromatic rings. The molecular formula is C18H24N2O3. The Kier molecular flexibility index (Phi) is 5.71. The summed E-state index contributed by atoms with van der Waals surface area (Å²) < 4.78 is 11.0. The number of methoxy groups -OCH3 is 1. The molecule has 3 N–H and O–H groups in total. The summed E-state index contributed by atoms with van der Waals surface area (Å²) in [4.78, 5) is 2.07. The molecule has 1 atom stereocenters. The first-order chi connectivity index (χ1) is 11.1. The molecule has 0 bridgehead atoms. The van der Waals surface area contributed by atoms with Gasteiger partial charge in [0.1, 0.15) is 17.2 Å². The van der Waals surface area contributed by atoms with Crippen LogP contribution in [0.1, 0.15) is 18.5 Å². The molecule has 0 aliphatic rings. The molecule has 23 heavy (non-hydrogen) atoms. The molecule has 5 heteroatoms. The molecule has 0 amide bonds. The fourth-order valence-electron chi connectivity index (χ4n) is 2.56.